The average Bonchev–Trinajstić information content (AvgIpc) is 2.82. The van der Waals surface area contributed by atoms with Crippen molar-refractivity contribution in [3.8, 4) is 11.5 Å². The summed E-state index contributed by atoms with van der Waals surface area (Å²) < 4.78 is 10.7. The van der Waals surface area contributed by atoms with Crippen LogP contribution in [0, 0.1) is 0 Å². The topological polar surface area (TPSA) is 71.1 Å². The predicted octanol–water partition coefficient (Wildman–Crippen LogP) is 4.14. The van der Waals surface area contributed by atoms with Gasteiger partial charge in [-0.25, -0.2) is 4.79 Å². The number of ether oxygens (including phenoxy) is 2. The minimum atomic E-state index is -0.423. The van der Waals surface area contributed by atoms with E-state index in [1.54, 1.807) is 31.3 Å². The number of halogens is 2. The first-order chi connectivity index (χ1) is 15.9. The lowest BCUT2D eigenvalue weighted by Gasteiger charge is -2.47. The molecule has 33 heavy (non-hydrogen) atoms. The molecular formula is C24H27Cl2N3O4. The van der Waals surface area contributed by atoms with Crippen LogP contribution < -0.4 is 14.8 Å². The summed E-state index contributed by atoms with van der Waals surface area (Å²) in [5.74, 6) is 1.06. The van der Waals surface area contributed by atoms with Crippen molar-refractivity contribution in [3.63, 3.8) is 0 Å². The van der Waals surface area contributed by atoms with E-state index >= 15 is 0 Å². The number of fused-ring (bicyclic) bond motifs is 1. The van der Waals surface area contributed by atoms with E-state index in [1.165, 1.54) is 4.90 Å². The molecule has 0 spiro atoms. The third kappa shape index (κ3) is 4.90. The summed E-state index contributed by atoms with van der Waals surface area (Å²) >= 11 is 12.4. The van der Waals surface area contributed by atoms with Gasteiger partial charge in [-0.05, 0) is 61.2 Å². The fourth-order valence-corrected chi connectivity index (χ4v) is 4.99. The van der Waals surface area contributed by atoms with Gasteiger partial charge >= 0.3 is 6.03 Å². The predicted molar refractivity (Wildman–Crippen MR) is 127 cm³/mol. The van der Waals surface area contributed by atoms with Gasteiger partial charge in [0.1, 0.15) is 6.04 Å². The first kappa shape index (κ1) is 23.7. The standard InChI is InChI=1S/C24H27Cl2N3O4/c1-32-20-8-5-15(12-21(20)33-2)9-11-28-23(30)22-19(4-3-10-27-22)29(24(28)31)14-16-6-7-17(25)13-18(16)26/h5-8,12-13,19,22,27H,3-4,9-11,14H2,1-2H3. The lowest BCUT2D eigenvalue weighted by molar-refractivity contribution is -0.137. The molecule has 9 heteroatoms. The van der Waals surface area contributed by atoms with Gasteiger partial charge in [-0.1, -0.05) is 35.3 Å². The van der Waals surface area contributed by atoms with Gasteiger partial charge in [0.15, 0.2) is 11.5 Å². The molecule has 2 atom stereocenters. The van der Waals surface area contributed by atoms with E-state index in [-0.39, 0.29) is 24.5 Å². The third-order valence-electron chi connectivity index (χ3n) is 6.26. The number of amides is 3. The van der Waals surface area contributed by atoms with Crippen molar-refractivity contribution < 1.29 is 19.1 Å². The summed E-state index contributed by atoms with van der Waals surface area (Å²) in [6.07, 6.45) is 2.17. The highest BCUT2D eigenvalue weighted by molar-refractivity contribution is 6.35. The Bertz CT molecular complexity index is 1050. The summed E-state index contributed by atoms with van der Waals surface area (Å²) in [5, 5.41) is 4.36. The maximum atomic E-state index is 13.5. The van der Waals surface area contributed by atoms with Crippen molar-refractivity contribution in [2.75, 3.05) is 27.3 Å². The zero-order valence-corrected chi connectivity index (χ0v) is 20.2. The van der Waals surface area contributed by atoms with Gasteiger partial charge in [0.25, 0.3) is 0 Å². The highest BCUT2D eigenvalue weighted by Gasteiger charge is 2.46. The Labute approximate surface area is 203 Å². The zero-order valence-electron chi connectivity index (χ0n) is 18.6. The molecule has 0 radical (unpaired) electrons. The van der Waals surface area contributed by atoms with Gasteiger partial charge in [-0.2, -0.15) is 0 Å². The number of hydrogen-bond acceptors (Lipinski definition) is 5. The molecule has 2 heterocycles. The Kier molecular flexibility index (Phi) is 7.32. The Morgan fingerprint density at radius 1 is 1.06 bits per heavy atom. The normalized spacial score (nSPS) is 20.6. The fourth-order valence-electron chi connectivity index (χ4n) is 4.52. The van der Waals surface area contributed by atoms with Crippen LogP contribution in [-0.2, 0) is 17.8 Å². The van der Waals surface area contributed by atoms with Gasteiger partial charge in [0.05, 0.1) is 20.3 Å². The number of urea groups is 1. The minimum absolute atomic E-state index is 0.177. The van der Waals surface area contributed by atoms with Crippen LogP contribution in [0.5, 0.6) is 11.5 Å². The zero-order chi connectivity index (χ0) is 23.5. The molecule has 7 nitrogen and oxygen atoms in total. The molecule has 3 amide bonds. The number of carbonyl (C=O) groups excluding carboxylic acids is 2. The van der Waals surface area contributed by atoms with Crippen molar-refractivity contribution in [3.05, 3.63) is 57.6 Å². The first-order valence-corrected chi connectivity index (χ1v) is 11.7. The highest BCUT2D eigenvalue weighted by atomic mass is 35.5. The van der Waals surface area contributed by atoms with Gasteiger partial charge in [0, 0.05) is 23.1 Å². The smallest absolute Gasteiger partial charge is 0.327 e. The number of benzene rings is 2. The average molecular weight is 492 g/mol. The number of imide groups is 1. The second kappa shape index (κ2) is 10.2. The highest BCUT2D eigenvalue weighted by Crippen LogP contribution is 2.31. The SMILES string of the molecule is COc1ccc(CCN2C(=O)C3NCCCC3N(Cc3ccc(Cl)cc3Cl)C2=O)cc1OC. The van der Waals surface area contributed by atoms with Crippen LogP contribution in [0.2, 0.25) is 10.0 Å². The van der Waals surface area contributed by atoms with Gasteiger partial charge < -0.3 is 19.7 Å². The summed E-state index contributed by atoms with van der Waals surface area (Å²) in [6.45, 7) is 1.33. The van der Waals surface area contributed by atoms with E-state index in [1.807, 2.05) is 24.3 Å². The lowest BCUT2D eigenvalue weighted by Crippen LogP contribution is -2.69. The lowest BCUT2D eigenvalue weighted by atomic mass is 9.93. The van der Waals surface area contributed by atoms with Crippen LogP contribution in [-0.4, -0.2) is 61.1 Å². The van der Waals surface area contributed by atoms with Crippen LogP contribution in [0.3, 0.4) is 0 Å². The van der Waals surface area contributed by atoms with Gasteiger partial charge in [-0.15, -0.1) is 0 Å². The largest absolute Gasteiger partial charge is 0.493 e. The van der Waals surface area contributed by atoms with Crippen molar-refractivity contribution in [2.24, 2.45) is 0 Å². The quantitative estimate of drug-likeness (QED) is 0.630. The number of methoxy groups -OCH3 is 2. The third-order valence-corrected chi connectivity index (χ3v) is 6.85. The number of piperidine rings is 1. The molecule has 2 fully saturated rings. The molecule has 2 saturated heterocycles. The number of carbonyl (C=O) groups is 2. The molecule has 176 valence electrons. The Hall–Kier alpha value is -2.48. The van der Waals surface area contributed by atoms with Crippen molar-refractivity contribution in [1.29, 1.82) is 0 Å². The van der Waals surface area contributed by atoms with E-state index in [2.05, 4.69) is 5.32 Å². The van der Waals surface area contributed by atoms with Crippen LogP contribution in [0.25, 0.3) is 0 Å². The summed E-state index contributed by atoms with van der Waals surface area (Å²) in [5.41, 5.74) is 1.74. The summed E-state index contributed by atoms with van der Waals surface area (Å²) in [6, 6.07) is 9.93. The minimum Gasteiger partial charge on any atom is -0.493 e. The number of hydrogen-bond donors (Lipinski definition) is 1. The van der Waals surface area contributed by atoms with Gasteiger partial charge in [0.2, 0.25) is 5.91 Å². The molecule has 2 aliphatic rings. The van der Waals surface area contributed by atoms with Crippen LogP contribution in [0.1, 0.15) is 24.0 Å². The molecule has 0 aliphatic carbocycles. The molecule has 4 rings (SSSR count). The van der Waals surface area contributed by atoms with Crippen molar-refractivity contribution in [1.82, 2.24) is 15.1 Å². The summed E-state index contributed by atoms with van der Waals surface area (Å²) in [4.78, 5) is 29.9. The Morgan fingerprint density at radius 3 is 2.58 bits per heavy atom. The van der Waals surface area contributed by atoms with Gasteiger partial charge in [-0.3, -0.25) is 9.69 Å². The van der Waals surface area contributed by atoms with E-state index in [0.29, 0.717) is 34.5 Å². The maximum absolute atomic E-state index is 13.5. The molecule has 0 aromatic heterocycles. The molecule has 2 aromatic carbocycles. The molecule has 0 saturated carbocycles. The van der Waals surface area contributed by atoms with Crippen LogP contribution in [0.15, 0.2) is 36.4 Å². The second-order valence-electron chi connectivity index (χ2n) is 8.22. The molecule has 2 unspecified atom stereocenters. The monoisotopic (exact) mass is 491 g/mol. The maximum Gasteiger partial charge on any atom is 0.327 e. The van der Waals surface area contributed by atoms with E-state index < -0.39 is 6.04 Å². The number of nitrogens with zero attached hydrogens (tertiary/aromatic N) is 2. The molecule has 0 bridgehead atoms. The molecule has 2 aliphatic heterocycles. The van der Waals surface area contributed by atoms with E-state index in [9.17, 15) is 9.59 Å². The van der Waals surface area contributed by atoms with Crippen molar-refractivity contribution >= 4 is 35.1 Å². The van der Waals surface area contributed by atoms with Crippen molar-refractivity contribution in [2.45, 2.75) is 37.9 Å². The second-order valence-corrected chi connectivity index (χ2v) is 9.06. The molecular weight excluding hydrogens is 465 g/mol. The Morgan fingerprint density at radius 2 is 1.85 bits per heavy atom. The van der Waals surface area contributed by atoms with E-state index in [4.69, 9.17) is 32.7 Å². The molecule has 2 aromatic rings. The first-order valence-electron chi connectivity index (χ1n) is 10.9. The van der Waals surface area contributed by atoms with Crippen LogP contribution in [0.4, 0.5) is 4.79 Å². The fraction of sp³-hybridized carbons (Fsp3) is 0.417. The number of rotatable bonds is 7. The summed E-state index contributed by atoms with van der Waals surface area (Å²) in [7, 11) is 3.16. The Balaban J connectivity index is 1.56. The van der Waals surface area contributed by atoms with E-state index in [0.717, 1.165) is 30.5 Å². The van der Waals surface area contributed by atoms with Crippen LogP contribution >= 0.6 is 23.2 Å². The number of nitrogens with one attached hydrogen (secondary N) is 1. The molecule has 1 N–H and O–H groups in total.